The number of aryl methyl sites for hydroxylation is 2. The Morgan fingerprint density at radius 1 is 1.16 bits per heavy atom. The van der Waals surface area contributed by atoms with Gasteiger partial charge in [-0.2, -0.15) is 0 Å². The Hall–Kier alpha value is -1.87. The van der Waals surface area contributed by atoms with Crippen LogP contribution in [0.25, 0.3) is 0 Å². The van der Waals surface area contributed by atoms with Crippen LogP contribution < -0.4 is 10.1 Å². The van der Waals surface area contributed by atoms with E-state index < -0.39 is 0 Å². The third-order valence-corrected chi connectivity index (χ3v) is 4.81. The van der Waals surface area contributed by atoms with Gasteiger partial charge in [0.2, 0.25) is 0 Å². The zero-order valence-electron chi connectivity index (χ0n) is 16.0. The van der Waals surface area contributed by atoms with Crippen LogP contribution in [0, 0.1) is 6.92 Å². The Morgan fingerprint density at radius 3 is 2.52 bits per heavy atom. The highest BCUT2D eigenvalue weighted by atomic mass is 32.1. The van der Waals surface area contributed by atoms with Crippen molar-refractivity contribution in [3.8, 4) is 5.75 Å². The maximum Gasteiger partial charge on any atom is 0.122 e. The van der Waals surface area contributed by atoms with Crippen LogP contribution in [-0.4, -0.2) is 4.99 Å². The lowest BCUT2D eigenvalue weighted by atomic mass is 9.97. The van der Waals surface area contributed by atoms with Gasteiger partial charge in [-0.1, -0.05) is 70.2 Å². The lowest BCUT2D eigenvalue weighted by Crippen LogP contribution is -2.13. The smallest absolute Gasteiger partial charge is 0.122 e. The van der Waals surface area contributed by atoms with E-state index in [0.29, 0.717) is 12.5 Å². The predicted molar refractivity (Wildman–Crippen MR) is 112 cm³/mol. The molecule has 0 amide bonds. The summed E-state index contributed by atoms with van der Waals surface area (Å²) in [5, 5.41) is 3.43. The third-order valence-electron chi connectivity index (χ3n) is 4.42. The van der Waals surface area contributed by atoms with Gasteiger partial charge in [0.05, 0.1) is 4.99 Å². The van der Waals surface area contributed by atoms with Crippen molar-refractivity contribution in [1.82, 2.24) is 0 Å². The lowest BCUT2D eigenvalue weighted by molar-refractivity contribution is 0.304. The SMILES string of the molecule is CCC(=S)Nc1c(COc2ccc(CC)cc2C)cccc1C(C)C. The van der Waals surface area contributed by atoms with Gasteiger partial charge in [-0.25, -0.2) is 0 Å². The molecular weight excluding hydrogens is 326 g/mol. The minimum absolute atomic E-state index is 0.424. The molecular formula is C22H29NOS. The highest BCUT2D eigenvalue weighted by Gasteiger charge is 2.13. The van der Waals surface area contributed by atoms with Crippen LogP contribution in [0.5, 0.6) is 5.75 Å². The van der Waals surface area contributed by atoms with Gasteiger partial charge in [-0.15, -0.1) is 0 Å². The number of hydrogen-bond donors (Lipinski definition) is 1. The predicted octanol–water partition coefficient (Wildman–Crippen LogP) is 6.41. The van der Waals surface area contributed by atoms with E-state index in [1.807, 2.05) is 0 Å². The highest BCUT2D eigenvalue weighted by Crippen LogP contribution is 2.30. The average Bonchev–Trinajstić information content (AvgIpc) is 2.60. The van der Waals surface area contributed by atoms with Crippen molar-refractivity contribution in [3.63, 3.8) is 0 Å². The van der Waals surface area contributed by atoms with Gasteiger partial charge in [0.1, 0.15) is 12.4 Å². The molecule has 0 radical (unpaired) electrons. The second-order valence-electron chi connectivity index (χ2n) is 6.68. The molecule has 25 heavy (non-hydrogen) atoms. The average molecular weight is 356 g/mol. The zero-order chi connectivity index (χ0) is 18.4. The molecule has 0 spiro atoms. The molecule has 0 aliphatic heterocycles. The second kappa shape index (κ2) is 9.00. The molecule has 2 aromatic carbocycles. The van der Waals surface area contributed by atoms with Crippen LogP contribution >= 0.6 is 12.2 Å². The Labute approximate surface area is 157 Å². The molecule has 0 bridgehead atoms. The number of nitrogens with one attached hydrogen (secondary N) is 1. The van der Waals surface area contributed by atoms with Gasteiger partial charge in [0, 0.05) is 11.3 Å². The Morgan fingerprint density at radius 2 is 1.92 bits per heavy atom. The molecule has 0 saturated heterocycles. The van der Waals surface area contributed by atoms with Crippen LogP contribution in [0.1, 0.15) is 62.3 Å². The molecule has 2 rings (SSSR count). The summed E-state index contributed by atoms with van der Waals surface area (Å²) in [6, 6.07) is 12.8. The lowest BCUT2D eigenvalue weighted by Gasteiger charge is -2.20. The van der Waals surface area contributed by atoms with Crippen molar-refractivity contribution in [2.45, 2.75) is 60.0 Å². The summed E-state index contributed by atoms with van der Waals surface area (Å²) in [4.78, 5) is 0.859. The standard InChI is InChI=1S/C22H29NOS/c1-6-17-11-12-20(16(5)13-17)24-14-18-9-8-10-19(15(3)4)22(18)23-21(25)7-2/h8-13,15H,6-7,14H2,1-5H3,(H,23,25). The molecule has 0 aromatic heterocycles. The van der Waals surface area contributed by atoms with Crippen LogP contribution in [0.4, 0.5) is 5.69 Å². The summed E-state index contributed by atoms with van der Waals surface area (Å²) in [6.07, 6.45) is 1.87. The number of benzene rings is 2. The molecule has 0 aliphatic rings. The van der Waals surface area contributed by atoms with Gasteiger partial charge in [-0.05, 0) is 48.4 Å². The van der Waals surface area contributed by atoms with Crippen molar-refractivity contribution >= 4 is 22.9 Å². The number of anilines is 1. The number of thiocarbonyl (C=S) groups is 1. The molecule has 0 heterocycles. The molecule has 2 aromatic rings. The number of ether oxygens (including phenoxy) is 1. The summed E-state index contributed by atoms with van der Waals surface area (Å²) in [5.41, 5.74) is 6.03. The molecule has 1 N–H and O–H groups in total. The molecule has 2 nitrogen and oxygen atoms in total. The molecule has 134 valence electrons. The summed E-state index contributed by atoms with van der Waals surface area (Å²) < 4.78 is 6.13. The quantitative estimate of drug-likeness (QED) is 0.580. The zero-order valence-corrected chi connectivity index (χ0v) is 16.8. The van der Waals surface area contributed by atoms with E-state index >= 15 is 0 Å². The Kier molecular flexibility index (Phi) is 7.01. The first-order chi connectivity index (χ1) is 12.0. The number of hydrogen-bond acceptors (Lipinski definition) is 2. The molecule has 0 aliphatic carbocycles. The number of rotatable bonds is 7. The summed E-state index contributed by atoms with van der Waals surface area (Å²) in [6.45, 7) is 11.3. The summed E-state index contributed by atoms with van der Waals surface area (Å²) >= 11 is 5.42. The Balaban J connectivity index is 2.26. The molecule has 0 unspecified atom stereocenters. The minimum Gasteiger partial charge on any atom is -0.489 e. The number of para-hydroxylation sites is 1. The molecule has 0 fully saturated rings. The fourth-order valence-corrected chi connectivity index (χ4v) is 2.95. The van der Waals surface area contributed by atoms with E-state index in [9.17, 15) is 0 Å². The van der Waals surface area contributed by atoms with E-state index in [-0.39, 0.29) is 0 Å². The van der Waals surface area contributed by atoms with Gasteiger partial charge in [0.25, 0.3) is 0 Å². The Bertz CT molecular complexity index is 737. The summed E-state index contributed by atoms with van der Waals surface area (Å²) in [5.74, 6) is 1.36. The van der Waals surface area contributed by atoms with E-state index in [4.69, 9.17) is 17.0 Å². The molecule has 0 saturated carbocycles. The highest BCUT2D eigenvalue weighted by molar-refractivity contribution is 7.80. The first kappa shape index (κ1) is 19.5. The fraction of sp³-hybridized carbons (Fsp3) is 0.409. The van der Waals surface area contributed by atoms with E-state index in [1.54, 1.807) is 0 Å². The van der Waals surface area contributed by atoms with Crippen molar-refractivity contribution in [2.24, 2.45) is 0 Å². The minimum atomic E-state index is 0.424. The van der Waals surface area contributed by atoms with Crippen LogP contribution in [0.3, 0.4) is 0 Å². The van der Waals surface area contributed by atoms with Gasteiger partial charge < -0.3 is 10.1 Å². The largest absolute Gasteiger partial charge is 0.489 e. The van der Waals surface area contributed by atoms with Gasteiger partial charge in [-0.3, -0.25) is 0 Å². The van der Waals surface area contributed by atoms with Crippen LogP contribution in [0.2, 0.25) is 0 Å². The van der Waals surface area contributed by atoms with E-state index in [1.165, 1.54) is 16.7 Å². The first-order valence-corrected chi connectivity index (χ1v) is 9.51. The van der Waals surface area contributed by atoms with Crippen molar-refractivity contribution in [2.75, 3.05) is 5.32 Å². The maximum atomic E-state index is 6.13. The van der Waals surface area contributed by atoms with Crippen LogP contribution in [-0.2, 0) is 13.0 Å². The van der Waals surface area contributed by atoms with Crippen molar-refractivity contribution in [1.29, 1.82) is 0 Å². The van der Waals surface area contributed by atoms with E-state index in [0.717, 1.165) is 34.8 Å². The monoisotopic (exact) mass is 355 g/mol. The summed E-state index contributed by atoms with van der Waals surface area (Å²) in [7, 11) is 0. The molecule has 3 heteroatoms. The topological polar surface area (TPSA) is 21.3 Å². The normalized spacial score (nSPS) is 10.8. The van der Waals surface area contributed by atoms with Crippen molar-refractivity contribution < 1.29 is 4.74 Å². The van der Waals surface area contributed by atoms with Crippen LogP contribution in [0.15, 0.2) is 36.4 Å². The van der Waals surface area contributed by atoms with Gasteiger partial charge >= 0.3 is 0 Å². The third kappa shape index (κ3) is 5.05. The van der Waals surface area contributed by atoms with Crippen molar-refractivity contribution in [3.05, 3.63) is 58.7 Å². The van der Waals surface area contributed by atoms with Gasteiger partial charge in [0.15, 0.2) is 0 Å². The second-order valence-corrected chi connectivity index (χ2v) is 7.17. The maximum absolute atomic E-state index is 6.13. The first-order valence-electron chi connectivity index (χ1n) is 9.10. The fourth-order valence-electron chi connectivity index (χ4n) is 2.85. The van der Waals surface area contributed by atoms with E-state index in [2.05, 4.69) is 76.3 Å². The molecule has 0 atom stereocenters.